The second kappa shape index (κ2) is 8.67. The third-order valence-corrected chi connectivity index (χ3v) is 6.11. The van der Waals surface area contributed by atoms with E-state index in [1.807, 2.05) is 35.5 Å². The molecule has 1 saturated carbocycles. The van der Waals surface area contributed by atoms with Crippen LogP contribution in [0.1, 0.15) is 38.5 Å². The molecule has 2 heterocycles. The number of benzene rings is 1. The Bertz CT molecular complexity index is 789. The highest BCUT2D eigenvalue weighted by Gasteiger charge is 2.25. The number of carbonyl (C=O) groups excluding carboxylic acids is 1. The van der Waals surface area contributed by atoms with Gasteiger partial charge in [-0.25, -0.2) is 4.98 Å². The van der Waals surface area contributed by atoms with Crippen LogP contribution in [-0.4, -0.2) is 53.6 Å². The van der Waals surface area contributed by atoms with Gasteiger partial charge in [0.25, 0.3) is 0 Å². The molecule has 0 bridgehead atoms. The molecule has 2 aromatic rings. The number of imidazole rings is 1. The molecule has 0 spiro atoms. The number of ether oxygens (including phenoxy) is 1. The number of hydrogen-bond acceptors (Lipinski definition) is 4. The molecule has 2 fully saturated rings. The van der Waals surface area contributed by atoms with Crippen molar-refractivity contribution >= 4 is 11.9 Å². The van der Waals surface area contributed by atoms with Crippen molar-refractivity contribution in [1.29, 1.82) is 0 Å². The van der Waals surface area contributed by atoms with Gasteiger partial charge in [0.2, 0.25) is 11.9 Å². The van der Waals surface area contributed by atoms with Crippen molar-refractivity contribution in [2.45, 2.75) is 38.5 Å². The Morgan fingerprint density at radius 2 is 1.96 bits per heavy atom. The van der Waals surface area contributed by atoms with Gasteiger partial charge in [-0.3, -0.25) is 9.36 Å². The van der Waals surface area contributed by atoms with Crippen LogP contribution in [0.3, 0.4) is 0 Å². The van der Waals surface area contributed by atoms with Crippen LogP contribution in [0, 0.1) is 5.92 Å². The molecule has 1 amide bonds. The molecule has 1 aromatic heterocycles. The summed E-state index contributed by atoms with van der Waals surface area (Å²) in [5, 5.41) is 0. The van der Waals surface area contributed by atoms with Gasteiger partial charge in [-0.1, -0.05) is 31.7 Å². The fraction of sp³-hybridized carbons (Fsp3) is 0.545. The maximum Gasteiger partial charge on any atom is 0.222 e. The van der Waals surface area contributed by atoms with Crippen molar-refractivity contribution < 1.29 is 9.53 Å². The van der Waals surface area contributed by atoms with Crippen LogP contribution in [0.25, 0.3) is 5.69 Å². The van der Waals surface area contributed by atoms with Crippen LogP contribution in [-0.2, 0) is 4.79 Å². The molecule has 0 unspecified atom stereocenters. The molecule has 0 radical (unpaired) electrons. The number of carbonyl (C=O) groups is 1. The van der Waals surface area contributed by atoms with Gasteiger partial charge in [-0.2, -0.15) is 0 Å². The van der Waals surface area contributed by atoms with Crippen molar-refractivity contribution in [3.8, 4) is 11.4 Å². The fourth-order valence-electron chi connectivity index (χ4n) is 4.43. The summed E-state index contributed by atoms with van der Waals surface area (Å²) in [6.07, 6.45) is 10.9. The zero-order valence-electron chi connectivity index (χ0n) is 16.7. The minimum atomic E-state index is 0.322. The third kappa shape index (κ3) is 4.16. The zero-order valence-corrected chi connectivity index (χ0v) is 16.7. The Morgan fingerprint density at radius 1 is 1.18 bits per heavy atom. The molecule has 1 aliphatic heterocycles. The molecule has 6 heteroatoms. The molecular formula is C22H30N4O2. The molecule has 1 saturated heterocycles. The molecule has 1 aromatic carbocycles. The lowest BCUT2D eigenvalue weighted by molar-refractivity contribution is -0.131. The second-order valence-corrected chi connectivity index (χ2v) is 7.86. The quantitative estimate of drug-likeness (QED) is 0.767. The van der Waals surface area contributed by atoms with Crippen LogP contribution < -0.4 is 9.64 Å². The van der Waals surface area contributed by atoms with Gasteiger partial charge >= 0.3 is 0 Å². The number of hydrogen-bond donors (Lipinski definition) is 0. The summed E-state index contributed by atoms with van der Waals surface area (Å²) in [7, 11) is 1.68. The van der Waals surface area contributed by atoms with E-state index in [0.717, 1.165) is 55.9 Å². The minimum absolute atomic E-state index is 0.322. The summed E-state index contributed by atoms with van der Waals surface area (Å²) in [5.41, 5.74) is 1.03. The molecule has 0 atom stereocenters. The average molecular weight is 383 g/mol. The summed E-state index contributed by atoms with van der Waals surface area (Å²) in [5.74, 6) is 2.85. The Morgan fingerprint density at radius 3 is 2.71 bits per heavy atom. The molecule has 6 nitrogen and oxygen atoms in total. The standard InChI is InChI=1S/C22H30N4O2/c1-28-20-8-4-7-19(17-20)26-12-11-23-22(26)25-15-13-24(14-16-25)21(27)10-9-18-5-2-3-6-18/h4,7-8,11-12,17-18H,2-3,5-6,9-10,13-16H2,1H3. The predicted molar refractivity (Wildman–Crippen MR) is 110 cm³/mol. The van der Waals surface area contributed by atoms with Crippen LogP contribution in [0.15, 0.2) is 36.7 Å². The van der Waals surface area contributed by atoms with E-state index in [-0.39, 0.29) is 0 Å². The van der Waals surface area contributed by atoms with Gasteiger partial charge in [-0.05, 0) is 24.5 Å². The normalized spacial score (nSPS) is 17.9. The summed E-state index contributed by atoms with van der Waals surface area (Å²) in [4.78, 5) is 21.5. The molecule has 1 aliphatic carbocycles. The molecular weight excluding hydrogens is 352 g/mol. The zero-order chi connectivity index (χ0) is 19.3. The monoisotopic (exact) mass is 382 g/mol. The van der Waals surface area contributed by atoms with Gasteiger partial charge < -0.3 is 14.5 Å². The second-order valence-electron chi connectivity index (χ2n) is 7.86. The number of nitrogens with zero attached hydrogens (tertiary/aromatic N) is 4. The lowest BCUT2D eigenvalue weighted by Crippen LogP contribution is -2.49. The molecule has 2 aliphatic rings. The van der Waals surface area contributed by atoms with Crippen LogP contribution in [0.5, 0.6) is 5.75 Å². The van der Waals surface area contributed by atoms with E-state index in [1.54, 1.807) is 7.11 Å². The maximum absolute atomic E-state index is 12.6. The molecule has 150 valence electrons. The van der Waals surface area contributed by atoms with E-state index < -0.39 is 0 Å². The van der Waals surface area contributed by atoms with Gasteiger partial charge in [0.15, 0.2) is 0 Å². The largest absolute Gasteiger partial charge is 0.497 e. The number of amides is 1. The molecule has 28 heavy (non-hydrogen) atoms. The maximum atomic E-state index is 12.6. The first kappa shape index (κ1) is 18.8. The number of anilines is 1. The van der Waals surface area contributed by atoms with E-state index in [9.17, 15) is 4.79 Å². The first-order valence-corrected chi connectivity index (χ1v) is 10.4. The highest BCUT2D eigenvalue weighted by molar-refractivity contribution is 5.76. The van der Waals surface area contributed by atoms with E-state index >= 15 is 0 Å². The topological polar surface area (TPSA) is 50.6 Å². The third-order valence-electron chi connectivity index (χ3n) is 6.11. The van der Waals surface area contributed by atoms with Gasteiger partial charge in [0, 0.05) is 51.1 Å². The Balaban J connectivity index is 1.35. The summed E-state index contributed by atoms with van der Waals surface area (Å²) < 4.78 is 7.43. The van der Waals surface area contributed by atoms with Crippen LogP contribution in [0.4, 0.5) is 5.95 Å². The highest BCUT2D eigenvalue weighted by atomic mass is 16.5. The summed E-state index contributed by atoms with van der Waals surface area (Å²) in [6.45, 7) is 3.18. The van der Waals surface area contributed by atoms with Gasteiger partial charge in [0.1, 0.15) is 5.75 Å². The minimum Gasteiger partial charge on any atom is -0.497 e. The number of rotatable bonds is 6. The first-order valence-electron chi connectivity index (χ1n) is 10.4. The van der Waals surface area contributed by atoms with E-state index in [1.165, 1.54) is 25.7 Å². The Labute approximate surface area is 167 Å². The van der Waals surface area contributed by atoms with Crippen molar-refractivity contribution in [2.75, 3.05) is 38.2 Å². The van der Waals surface area contributed by atoms with Gasteiger partial charge in [0.05, 0.1) is 12.8 Å². The van der Waals surface area contributed by atoms with Crippen LogP contribution >= 0.6 is 0 Å². The molecule has 4 rings (SSSR count). The number of methoxy groups -OCH3 is 1. The van der Waals surface area contributed by atoms with Gasteiger partial charge in [-0.15, -0.1) is 0 Å². The summed E-state index contributed by atoms with van der Waals surface area (Å²) >= 11 is 0. The van der Waals surface area contributed by atoms with Crippen molar-refractivity contribution in [1.82, 2.24) is 14.5 Å². The van der Waals surface area contributed by atoms with Crippen molar-refractivity contribution in [2.24, 2.45) is 5.92 Å². The van der Waals surface area contributed by atoms with Crippen molar-refractivity contribution in [3.63, 3.8) is 0 Å². The van der Waals surface area contributed by atoms with E-state index in [4.69, 9.17) is 4.74 Å². The van der Waals surface area contributed by atoms with E-state index in [0.29, 0.717) is 12.3 Å². The number of aromatic nitrogens is 2. The lowest BCUT2D eigenvalue weighted by atomic mass is 10.0. The van der Waals surface area contributed by atoms with Crippen LogP contribution in [0.2, 0.25) is 0 Å². The highest BCUT2D eigenvalue weighted by Crippen LogP contribution is 2.29. The fourth-order valence-corrected chi connectivity index (χ4v) is 4.43. The van der Waals surface area contributed by atoms with Crippen molar-refractivity contribution in [3.05, 3.63) is 36.7 Å². The van der Waals surface area contributed by atoms with E-state index in [2.05, 4.69) is 20.5 Å². The average Bonchev–Trinajstić information content (AvgIpc) is 3.44. The number of piperazine rings is 1. The Kier molecular flexibility index (Phi) is 5.84. The Hall–Kier alpha value is -2.50. The SMILES string of the molecule is COc1cccc(-n2ccnc2N2CCN(C(=O)CCC3CCCC3)CC2)c1. The predicted octanol–water partition coefficient (Wildman–Crippen LogP) is 3.50. The smallest absolute Gasteiger partial charge is 0.222 e. The molecule has 0 N–H and O–H groups in total. The first-order chi connectivity index (χ1) is 13.7. The lowest BCUT2D eigenvalue weighted by Gasteiger charge is -2.35. The summed E-state index contributed by atoms with van der Waals surface area (Å²) in [6, 6.07) is 7.99.